The molecule has 1 aliphatic heterocycles. The summed E-state index contributed by atoms with van der Waals surface area (Å²) in [7, 11) is 1.93. The second-order valence-electron chi connectivity index (χ2n) is 6.01. The molecule has 1 amide bonds. The summed E-state index contributed by atoms with van der Waals surface area (Å²) >= 11 is 2.06. The van der Waals surface area contributed by atoms with Crippen molar-refractivity contribution < 1.29 is 4.79 Å². The maximum atomic E-state index is 11.9. The molecule has 2 fully saturated rings. The van der Waals surface area contributed by atoms with Crippen molar-refractivity contribution in [3.05, 3.63) is 0 Å². The van der Waals surface area contributed by atoms with E-state index in [-0.39, 0.29) is 36.3 Å². The Balaban J connectivity index is 0.00000220. The van der Waals surface area contributed by atoms with Gasteiger partial charge in [0.1, 0.15) is 0 Å². The summed E-state index contributed by atoms with van der Waals surface area (Å²) < 4.78 is 0. The zero-order valence-corrected chi connectivity index (χ0v) is 16.0. The molecule has 2 aliphatic rings. The van der Waals surface area contributed by atoms with E-state index in [1.165, 1.54) is 50.3 Å². The zero-order valence-electron chi connectivity index (χ0n) is 13.6. The quantitative estimate of drug-likeness (QED) is 0.674. The molecule has 7 heteroatoms. The molecule has 1 saturated carbocycles. The summed E-state index contributed by atoms with van der Waals surface area (Å²) in [5.74, 6) is 2.72. The Bertz CT molecular complexity index is 309. The van der Waals surface area contributed by atoms with Crippen LogP contribution in [-0.4, -0.2) is 61.1 Å². The smallest absolute Gasteiger partial charge is 0.220 e. The van der Waals surface area contributed by atoms with Crippen molar-refractivity contribution in [3.8, 4) is 0 Å². The van der Waals surface area contributed by atoms with Crippen molar-refractivity contribution in [2.75, 3.05) is 44.7 Å². The van der Waals surface area contributed by atoms with Crippen LogP contribution in [0.1, 0.15) is 38.5 Å². The first kappa shape index (κ1) is 22.3. The lowest BCUT2D eigenvalue weighted by atomic mass is 9.94. The highest BCUT2D eigenvalue weighted by atomic mass is 35.5. The highest BCUT2D eigenvalue weighted by Gasteiger charge is 2.39. The summed E-state index contributed by atoms with van der Waals surface area (Å²) in [5, 5.41) is 6.30. The van der Waals surface area contributed by atoms with Gasteiger partial charge in [-0.25, -0.2) is 0 Å². The van der Waals surface area contributed by atoms with Gasteiger partial charge in [0.2, 0.25) is 5.91 Å². The Kier molecular flexibility index (Phi) is 12.0. The number of hydrogen-bond donors (Lipinski definition) is 2. The maximum absolute atomic E-state index is 11.9. The molecule has 0 unspecified atom stereocenters. The molecule has 0 bridgehead atoms. The molecule has 1 heterocycles. The number of thioether (sulfide) groups is 1. The molecule has 0 atom stereocenters. The van der Waals surface area contributed by atoms with E-state index in [4.69, 9.17) is 0 Å². The van der Waals surface area contributed by atoms with Crippen LogP contribution in [0.3, 0.4) is 0 Å². The topological polar surface area (TPSA) is 44.4 Å². The second-order valence-corrected chi connectivity index (χ2v) is 7.24. The summed E-state index contributed by atoms with van der Waals surface area (Å²) in [6.45, 7) is 4.17. The van der Waals surface area contributed by atoms with Gasteiger partial charge < -0.3 is 10.6 Å². The summed E-state index contributed by atoms with van der Waals surface area (Å²) in [6.07, 6.45) is 6.73. The van der Waals surface area contributed by atoms with Gasteiger partial charge in [-0.1, -0.05) is 12.8 Å². The van der Waals surface area contributed by atoms with E-state index in [1.54, 1.807) is 0 Å². The van der Waals surface area contributed by atoms with E-state index in [9.17, 15) is 4.79 Å². The van der Waals surface area contributed by atoms with E-state index in [1.807, 2.05) is 7.05 Å². The van der Waals surface area contributed by atoms with Gasteiger partial charge in [0, 0.05) is 43.1 Å². The highest BCUT2D eigenvalue weighted by molar-refractivity contribution is 7.99. The first-order valence-corrected chi connectivity index (χ1v) is 9.16. The van der Waals surface area contributed by atoms with Crippen LogP contribution in [-0.2, 0) is 4.79 Å². The maximum Gasteiger partial charge on any atom is 0.220 e. The van der Waals surface area contributed by atoms with Crippen molar-refractivity contribution in [3.63, 3.8) is 0 Å². The molecule has 0 spiro atoms. The molecule has 22 heavy (non-hydrogen) atoms. The molecular weight excluding hydrogens is 341 g/mol. The first-order valence-electron chi connectivity index (χ1n) is 8.01. The van der Waals surface area contributed by atoms with Gasteiger partial charge in [-0.3, -0.25) is 9.69 Å². The summed E-state index contributed by atoms with van der Waals surface area (Å²) in [6, 6.07) is 0. The Morgan fingerprint density at radius 2 is 1.82 bits per heavy atom. The monoisotopic (exact) mass is 371 g/mol. The van der Waals surface area contributed by atoms with E-state index in [2.05, 4.69) is 27.3 Å². The third kappa shape index (κ3) is 6.44. The number of nitrogens with one attached hydrogen (secondary N) is 2. The number of carbonyl (C=O) groups excluding carboxylic acids is 1. The molecule has 0 aromatic carbocycles. The predicted molar refractivity (Wildman–Crippen MR) is 101 cm³/mol. The van der Waals surface area contributed by atoms with Gasteiger partial charge in [-0.05, 0) is 32.9 Å². The second kappa shape index (κ2) is 11.8. The lowest BCUT2D eigenvalue weighted by Gasteiger charge is -2.43. The average molecular weight is 372 g/mol. The number of halogens is 2. The minimum atomic E-state index is 0. The summed E-state index contributed by atoms with van der Waals surface area (Å²) in [5.41, 5.74) is 0.264. The van der Waals surface area contributed by atoms with Gasteiger partial charge in [0.25, 0.3) is 0 Å². The van der Waals surface area contributed by atoms with Crippen LogP contribution in [0.4, 0.5) is 0 Å². The van der Waals surface area contributed by atoms with E-state index in [0.717, 1.165) is 19.5 Å². The SMILES string of the molecule is CNCCCC(=O)NCC1(N2CCSCC2)CCCC1.Cl.Cl. The Morgan fingerprint density at radius 3 is 2.41 bits per heavy atom. The predicted octanol–water partition coefficient (Wildman–Crippen LogP) is 2.31. The molecule has 0 aromatic heterocycles. The lowest BCUT2D eigenvalue weighted by Crippen LogP contribution is -2.56. The minimum absolute atomic E-state index is 0. The lowest BCUT2D eigenvalue weighted by molar-refractivity contribution is -0.121. The molecule has 1 saturated heterocycles. The number of nitrogens with zero attached hydrogens (tertiary/aromatic N) is 1. The Labute approximate surface area is 151 Å². The van der Waals surface area contributed by atoms with E-state index < -0.39 is 0 Å². The van der Waals surface area contributed by atoms with E-state index in [0.29, 0.717) is 6.42 Å². The highest BCUT2D eigenvalue weighted by Crippen LogP contribution is 2.36. The van der Waals surface area contributed by atoms with Crippen LogP contribution >= 0.6 is 36.6 Å². The standard InChI is InChI=1S/C15H29N3OS.2ClH/c1-16-8-4-5-14(19)17-13-15(6-2-3-7-15)18-9-11-20-12-10-18;;/h16H,2-13H2,1H3,(H,17,19);2*1H. The molecule has 132 valence electrons. The Hall–Kier alpha value is 0.320. The van der Waals surface area contributed by atoms with Gasteiger partial charge in [-0.2, -0.15) is 11.8 Å². The van der Waals surface area contributed by atoms with Crippen LogP contribution in [0, 0.1) is 0 Å². The van der Waals surface area contributed by atoms with Crippen molar-refractivity contribution in [2.45, 2.75) is 44.1 Å². The van der Waals surface area contributed by atoms with E-state index >= 15 is 0 Å². The normalized spacial score (nSPS) is 20.8. The third-order valence-corrected chi connectivity index (χ3v) is 5.60. The van der Waals surface area contributed by atoms with Crippen molar-refractivity contribution in [2.24, 2.45) is 0 Å². The van der Waals surface area contributed by atoms with Crippen LogP contribution in [0.15, 0.2) is 0 Å². The largest absolute Gasteiger partial charge is 0.354 e. The Morgan fingerprint density at radius 1 is 1.18 bits per heavy atom. The number of amides is 1. The summed E-state index contributed by atoms with van der Waals surface area (Å²) in [4.78, 5) is 14.6. The van der Waals surface area contributed by atoms with Crippen molar-refractivity contribution in [1.82, 2.24) is 15.5 Å². The van der Waals surface area contributed by atoms with Gasteiger partial charge in [0.05, 0.1) is 0 Å². The van der Waals surface area contributed by atoms with Gasteiger partial charge in [0.15, 0.2) is 0 Å². The molecule has 1 aliphatic carbocycles. The number of hydrogen-bond acceptors (Lipinski definition) is 4. The van der Waals surface area contributed by atoms with Gasteiger partial charge in [-0.15, -0.1) is 24.8 Å². The van der Waals surface area contributed by atoms with Crippen LogP contribution in [0.25, 0.3) is 0 Å². The van der Waals surface area contributed by atoms with Crippen LogP contribution in [0.2, 0.25) is 0 Å². The fourth-order valence-electron chi connectivity index (χ4n) is 3.45. The first-order chi connectivity index (χ1) is 9.77. The number of rotatable bonds is 7. The van der Waals surface area contributed by atoms with Crippen molar-refractivity contribution in [1.29, 1.82) is 0 Å². The van der Waals surface area contributed by atoms with Crippen molar-refractivity contribution >= 4 is 42.5 Å². The molecule has 4 nitrogen and oxygen atoms in total. The minimum Gasteiger partial charge on any atom is -0.354 e. The molecule has 0 radical (unpaired) electrons. The molecule has 2 N–H and O–H groups in total. The fourth-order valence-corrected chi connectivity index (χ4v) is 4.36. The average Bonchev–Trinajstić information content (AvgIpc) is 2.97. The zero-order chi connectivity index (χ0) is 14.3. The van der Waals surface area contributed by atoms with Crippen LogP contribution < -0.4 is 10.6 Å². The fraction of sp³-hybridized carbons (Fsp3) is 0.933. The molecular formula is C15H31Cl2N3OS. The van der Waals surface area contributed by atoms with Crippen LogP contribution in [0.5, 0.6) is 0 Å². The molecule has 0 aromatic rings. The molecule has 2 rings (SSSR count). The number of carbonyl (C=O) groups is 1. The van der Waals surface area contributed by atoms with Gasteiger partial charge >= 0.3 is 0 Å². The third-order valence-electron chi connectivity index (χ3n) is 4.66.